The van der Waals surface area contributed by atoms with Crippen molar-refractivity contribution in [3.63, 3.8) is 0 Å². The zero-order chi connectivity index (χ0) is 9.90. The largest absolute Gasteiger partial charge is 0.558 e. The fourth-order valence-corrected chi connectivity index (χ4v) is 1.11. The Bertz CT molecular complexity index is 280. The maximum atomic E-state index is 11.4. The van der Waals surface area contributed by atoms with E-state index in [2.05, 4.69) is 9.78 Å². The van der Waals surface area contributed by atoms with E-state index in [1.54, 1.807) is 0 Å². The third-order valence-corrected chi connectivity index (χ3v) is 1.78. The van der Waals surface area contributed by atoms with Crippen LogP contribution in [0.1, 0.15) is 9.67 Å². The smallest absolute Gasteiger partial charge is 0.283 e. The van der Waals surface area contributed by atoms with Crippen LogP contribution < -0.4 is 0 Å². The van der Waals surface area contributed by atoms with Crippen molar-refractivity contribution in [2.24, 2.45) is 0 Å². The van der Waals surface area contributed by atoms with Crippen LogP contribution in [-0.2, 0) is 9.78 Å². The molecule has 1 aromatic heterocycles. The van der Waals surface area contributed by atoms with Crippen LogP contribution in [0, 0.1) is 0 Å². The standard InChI is InChI=1S/C6H3F3O3S/c7-6(8,9)12-11-5(10)4-2-1-3-13-4/h1-3H. The molecule has 1 aromatic rings. The quantitative estimate of drug-likeness (QED) is 0.557. The first kappa shape index (κ1) is 10.0. The Morgan fingerprint density at radius 3 is 2.62 bits per heavy atom. The van der Waals surface area contributed by atoms with Crippen LogP contribution in [-0.4, -0.2) is 12.3 Å². The molecule has 0 unspecified atom stereocenters. The van der Waals surface area contributed by atoms with E-state index in [9.17, 15) is 18.0 Å². The number of thiophene rings is 1. The van der Waals surface area contributed by atoms with E-state index in [-0.39, 0.29) is 4.88 Å². The zero-order valence-corrected chi connectivity index (χ0v) is 6.82. The summed E-state index contributed by atoms with van der Waals surface area (Å²) < 4.78 is 34.1. The average molecular weight is 212 g/mol. The summed E-state index contributed by atoms with van der Waals surface area (Å²) in [5, 5.41) is 1.53. The van der Waals surface area contributed by atoms with Gasteiger partial charge in [-0.3, -0.25) is 4.89 Å². The second-order valence-corrected chi connectivity index (χ2v) is 2.82. The highest BCUT2D eigenvalue weighted by Crippen LogP contribution is 2.18. The van der Waals surface area contributed by atoms with Crippen LogP contribution in [0.25, 0.3) is 0 Å². The van der Waals surface area contributed by atoms with Crippen molar-refractivity contribution in [2.45, 2.75) is 6.36 Å². The number of alkyl halides is 3. The summed E-state index contributed by atoms with van der Waals surface area (Å²) in [7, 11) is 0. The van der Waals surface area contributed by atoms with Gasteiger partial charge in [-0.2, -0.15) is 0 Å². The van der Waals surface area contributed by atoms with E-state index in [1.807, 2.05) is 0 Å². The van der Waals surface area contributed by atoms with E-state index in [4.69, 9.17) is 0 Å². The van der Waals surface area contributed by atoms with Crippen LogP contribution in [0.4, 0.5) is 13.2 Å². The summed E-state index contributed by atoms with van der Waals surface area (Å²) in [4.78, 5) is 17.1. The molecule has 0 radical (unpaired) electrons. The zero-order valence-electron chi connectivity index (χ0n) is 6.00. The molecule has 1 heterocycles. The molecule has 0 aliphatic rings. The Morgan fingerprint density at radius 2 is 2.15 bits per heavy atom. The van der Waals surface area contributed by atoms with E-state index in [0.29, 0.717) is 0 Å². The second-order valence-electron chi connectivity index (χ2n) is 1.88. The fourth-order valence-electron chi connectivity index (χ4n) is 0.521. The van der Waals surface area contributed by atoms with Gasteiger partial charge in [0.15, 0.2) is 0 Å². The highest BCUT2D eigenvalue weighted by atomic mass is 32.1. The lowest BCUT2D eigenvalue weighted by molar-refractivity contribution is -0.457. The molecule has 7 heteroatoms. The highest BCUT2D eigenvalue weighted by molar-refractivity contribution is 7.11. The SMILES string of the molecule is O=C(OOC(F)(F)F)c1cccs1. The van der Waals surface area contributed by atoms with Gasteiger partial charge in [0.05, 0.1) is 0 Å². The number of halogens is 3. The first-order valence-corrected chi connectivity index (χ1v) is 3.87. The molecule has 72 valence electrons. The van der Waals surface area contributed by atoms with E-state index in [0.717, 1.165) is 11.3 Å². The van der Waals surface area contributed by atoms with Gasteiger partial charge in [-0.05, 0) is 11.4 Å². The molecule has 1 rings (SSSR count). The van der Waals surface area contributed by atoms with Crippen molar-refractivity contribution in [1.29, 1.82) is 0 Å². The molecule has 0 aliphatic carbocycles. The molecule has 0 saturated heterocycles. The van der Waals surface area contributed by atoms with Crippen LogP contribution >= 0.6 is 11.3 Å². The predicted octanol–water partition coefficient (Wildman–Crippen LogP) is 2.36. The Kier molecular flexibility index (Phi) is 2.89. The van der Waals surface area contributed by atoms with Gasteiger partial charge in [-0.1, -0.05) is 11.0 Å². The summed E-state index contributed by atoms with van der Waals surface area (Å²) in [6.45, 7) is 0. The van der Waals surface area contributed by atoms with Crippen molar-refractivity contribution < 1.29 is 27.7 Å². The summed E-state index contributed by atoms with van der Waals surface area (Å²) in [5.41, 5.74) is 0. The van der Waals surface area contributed by atoms with E-state index in [1.165, 1.54) is 17.5 Å². The lowest BCUT2D eigenvalue weighted by atomic mass is 10.5. The van der Waals surface area contributed by atoms with Crippen molar-refractivity contribution >= 4 is 17.3 Å². The van der Waals surface area contributed by atoms with Gasteiger partial charge in [0.2, 0.25) is 0 Å². The third kappa shape index (κ3) is 3.43. The molecule has 0 fully saturated rings. The number of rotatable bonds is 2. The Labute approximate surface area is 74.6 Å². The van der Waals surface area contributed by atoms with Gasteiger partial charge in [-0.25, -0.2) is 4.79 Å². The van der Waals surface area contributed by atoms with E-state index >= 15 is 0 Å². The predicted molar refractivity (Wildman–Crippen MR) is 36.9 cm³/mol. The van der Waals surface area contributed by atoms with Gasteiger partial charge in [0.25, 0.3) is 0 Å². The summed E-state index contributed by atoms with van der Waals surface area (Å²) in [5.74, 6) is -1.16. The summed E-state index contributed by atoms with van der Waals surface area (Å²) in [6.07, 6.45) is -4.97. The minimum atomic E-state index is -4.97. The second kappa shape index (κ2) is 3.75. The highest BCUT2D eigenvalue weighted by Gasteiger charge is 2.33. The molecule has 0 atom stereocenters. The minimum absolute atomic E-state index is 0.0456. The minimum Gasteiger partial charge on any atom is -0.283 e. The van der Waals surface area contributed by atoms with Crippen LogP contribution in [0.15, 0.2) is 17.5 Å². The maximum absolute atomic E-state index is 11.4. The van der Waals surface area contributed by atoms with E-state index < -0.39 is 12.3 Å². The van der Waals surface area contributed by atoms with Crippen molar-refractivity contribution in [1.82, 2.24) is 0 Å². The normalized spacial score (nSPS) is 11.3. The molecule has 0 bridgehead atoms. The molecule has 0 amide bonds. The molecular formula is C6H3F3O3S. The van der Waals surface area contributed by atoms with Crippen LogP contribution in [0.2, 0.25) is 0 Å². The van der Waals surface area contributed by atoms with Gasteiger partial charge in [0.1, 0.15) is 4.88 Å². The average Bonchev–Trinajstić information content (AvgIpc) is 2.50. The summed E-state index contributed by atoms with van der Waals surface area (Å²) in [6, 6.07) is 2.83. The van der Waals surface area contributed by atoms with Crippen molar-refractivity contribution in [3.8, 4) is 0 Å². The molecule has 0 aliphatic heterocycles. The van der Waals surface area contributed by atoms with Crippen LogP contribution in [0.5, 0.6) is 0 Å². The fraction of sp³-hybridized carbons (Fsp3) is 0.167. The molecule has 3 nitrogen and oxygen atoms in total. The third-order valence-electron chi connectivity index (χ3n) is 0.934. The van der Waals surface area contributed by atoms with Gasteiger partial charge >= 0.3 is 12.3 Å². The molecular weight excluding hydrogens is 209 g/mol. The number of hydrogen-bond donors (Lipinski definition) is 0. The Balaban J connectivity index is 2.44. The maximum Gasteiger partial charge on any atom is 0.558 e. The lowest BCUT2D eigenvalue weighted by Crippen LogP contribution is -2.16. The Morgan fingerprint density at radius 1 is 1.46 bits per heavy atom. The topological polar surface area (TPSA) is 35.5 Å². The number of carbonyl (C=O) groups is 1. The lowest BCUT2D eigenvalue weighted by Gasteiger charge is -2.03. The number of carbonyl (C=O) groups excluding carboxylic acids is 1. The van der Waals surface area contributed by atoms with Crippen molar-refractivity contribution in [3.05, 3.63) is 22.4 Å². The van der Waals surface area contributed by atoms with Crippen LogP contribution in [0.3, 0.4) is 0 Å². The van der Waals surface area contributed by atoms with Crippen molar-refractivity contribution in [2.75, 3.05) is 0 Å². The molecule has 0 aromatic carbocycles. The molecule has 13 heavy (non-hydrogen) atoms. The summed E-state index contributed by atoms with van der Waals surface area (Å²) >= 11 is 0.960. The van der Waals surface area contributed by atoms with Gasteiger partial charge in [-0.15, -0.1) is 24.5 Å². The first-order valence-electron chi connectivity index (χ1n) is 2.99. The first-order chi connectivity index (χ1) is 5.99. The Hall–Kier alpha value is -1.08. The number of hydrogen-bond acceptors (Lipinski definition) is 4. The molecule has 0 saturated carbocycles. The van der Waals surface area contributed by atoms with Gasteiger partial charge < -0.3 is 0 Å². The van der Waals surface area contributed by atoms with Gasteiger partial charge in [0, 0.05) is 0 Å². The molecule has 0 spiro atoms. The molecule has 0 N–H and O–H groups in total. The monoisotopic (exact) mass is 212 g/mol.